The van der Waals surface area contributed by atoms with Gasteiger partial charge in [-0.2, -0.15) is 0 Å². The van der Waals surface area contributed by atoms with E-state index in [1.807, 2.05) is 0 Å². The molecule has 0 aromatic carbocycles. The minimum Gasteiger partial charge on any atom is -0.381 e. The van der Waals surface area contributed by atoms with E-state index in [1.165, 1.54) is 32.1 Å². The zero-order valence-corrected chi connectivity index (χ0v) is 16.4. The molecule has 25 heavy (non-hydrogen) atoms. The van der Waals surface area contributed by atoms with E-state index in [2.05, 4.69) is 29.5 Å². The van der Waals surface area contributed by atoms with Gasteiger partial charge in [0.2, 0.25) is 0 Å². The van der Waals surface area contributed by atoms with Gasteiger partial charge in [0.05, 0.1) is 6.10 Å². The molecule has 1 aliphatic carbocycles. The summed E-state index contributed by atoms with van der Waals surface area (Å²) >= 11 is 0. The highest BCUT2D eigenvalue weighted by atomic mass is 16.5. The minimum atomic E-state index is 0.391. The van der Waals surface area contributed by atoms with Crippen LogP contribution in [-0.4, -0.2) is 51.5 Å². The van der Waals surface area contributed by atoms with Gasteiger partial charge in [0.1, 0.15) is 0 Å². The first kappa shape index (κ1) is 20.5. The number of ether oxygens (including phenoxy) is 2. The van der Waals surface area contributed by atoms with Crippen molar-refractivity contribution in [2.24, 2.45) is 16.8 Å². The topological polar surface area (TPSA) is 54.9 Å². The molecule has 5 nitrogen and oxygen atoms in total. The van der Waals surface area contributed by atoms with E-state index in [1.54, 1.807) is 0 Å². The van der Waals surface area contributed by atoms with Crippen LogP contribution in [0.2, 0.25) is 0 Å². The number of hydrogen-bond acceptors (Lipinski definition) is 3. The monoisotopic (exact) mass is 353 g/mol. The van der Waals surface area contributed by atoms with Crippen LogP contribution in [-0.2, 0) is 9.47 Å². The van der Waals surface area contributed by atoms with Gasteiger partial charge in [0, 0.05) is 39.5 Å². The molecule has 0 aromatic heterocycles. The zero-order valence-electron chi connectivity index (χ0n) is 16.4. The molecule has 0 aromatic rings. The molecule has 1 heterocycles. The molecule has 2 unspecified atom stereocenters. The number of hydrogen-bond donors (Lipinski definition) is 2. The average molecular weight is 354 g/mol. The van der Waals surface area contributed by atoms with Crippen LogP contribution in [0.3, 0.4) is 0 Å². The SMILES string of the molecule is CCNC(=NCCCOC1CCOCC1)NCCC1CCCC(C)C1. The van der Waals surface area contributed by atoms with Crippen molar-refractivity contribution in [3.8, 4) is 0 Å². The summed E-state index contributed by atoms with van der Waals surface area (Å²) in [6.07, 6.45) is 10.3. The second-order valence-corrected chi connectivity index (χ2v) is 7.65. The Labute approximate surface area is 154 Å². The number of nitrogens with zero attached hydrogens (tertiary/aromatic N) is 1. The third-order valence-corrected chi connectivity index (χ3v) is 5.33. The largest absolute Gasteiger partial charge is 0.381 e. The van der Waals surface area contributed by atoms with Crippen LogP contribution in [0.5, 0.6) is 0 Å². The van der Waals surface area contributed by atoms with Crippen LogP contribution in [0.4, 0.5) is 0 Å². The maximum Gasteiger partial charge on any atom is 0.191 e. The van der Waals surface area contributed by atoms with Crippen molar-refractivity contribution >= 4 is 5.96 Å². The van der Waals surface area contributed by atoms with E-state index >= 15 is 0 Å². The maximum atomic E-state index is 5.91. The third kappa shape index (κ3) is 8.91. The number of nitrogens with one attached hydrogen (secondary N) is 2. The van der Waals surface area contributed by atoms with E-state index in [0.717, 1.165) is 76.5 Å². The first-order chi connectivity index (χ1) is 12.3. The highest BCUT2D eigenvalue weighted by Gasteiger charge is 2.18. The van der Waals surface area contributed by atoms with Crippen molar-refractivity contribution in [3.05, 3.63) is 0 Å². The van der Waals surface area contributed by atoms with E-state index in [9.17, 15) is 0 Å². The van der Waals surface area contributed by atoms with Gasteiger partial charge in [-0.1, -0.05) is 26.2 Å². The molecule has 2 atom stereocenters. The maximum absolute atomic E-state index is 5.91. The molecule has 146 valence electrons. The normalized spacial score (nSPS) is 25.8. The Kier molecular flexibility index (Phi) is 10.3. The smallest absolute Gasteiger partial charge is 0.191 e. The van der Waals surface area contributed by atoms with Gasteiger partial charge < -0.3 is 20.1 Å². The van der Waals surface area contributed by atoms with E-state index in [0.29, 0.717) is 6.10 Å². The van der Waals surface area contributed by atoms with Crippen molar-refractivity contribution in [3.63, 3.8) is 0 Å². The lowest BCUT2D eigenvalue weighted by Gasteiger charge is -2.26. The van der Waals surface area contributed by atoms with Gasteiger partial charge in [0.25, 0.3) is 0 Å². The molecular formula is C20H39N3O2. The van der Waals surface area contributed by atoms with Gasteiger partial charge >= 0.3 is 0 Å². The molecule has 2 rings (SSSR count). The summed E-state index contributed by atoms with van der Waals surface area (Å²) in [6.45, 7) is 9.76. The van der Waals surface area contributed by atoms with Crippen molar-refractivity contribution in [1.29, 1.82) is 0 Å². The van der Waals surface area contributed by atoms with Crippen LogP contribution in [0.15, 0.2) is 4.99 Å². The molecule has 2 fully saturated rings. The van der Waals surface area contributed by atoms with Gasteiger partial charge in [-0.3, -0.25) is 4.99 Å². The molecule has 5 heteroatoms. The highest BCUT2D eigenvalue weighted by molar-refractivity contribution is 5.79. The Morgan fingerprint density at radius 3 is 2.76 bits per heavy atom. The third-order valence-electron chi connectivity index (χ3n) is 5.33. The lowest BCUT2D eigenvalue weighted by atomic mass is 9.81. The Morgan fingerprint density at radius 2 is 2.00 bits per heavy atom. The van der Waals surface area contributed by atoms with Crippen molar-refractivity contribution < 1.29 is 9.47 Å². The Morgan fingerprint density at radius 1 is 1.16 bits per heavy atom. The van der Waals surface area contributed by atoms with Crippen molar-refractivity contribution in [2.45, 2.75) is 71.3 Å². The van der Waals surface area contributed by atoms with Crippen molar-refractivity contribution in [2.75, 3.05) is 39.5 Å². The predicted molar refractivity (Wildman–Crippen MR) is 104 cm³/mol. The summed E-state index contributed by atoms with van der Waals surface area (Å²) in [5, 5.41) is 6.86. The second kappa shape index (κ2) is 12.5. The molecule has 1 aliphatic heterocycles. The lowest BCUT2D eigenvalue weighted by molar-refractivity contribution is -0.0318. The number of aliphatic imine (C=N–C) groups is 1. The minimum absolute atomic E-state index is 0.391. The molecule has 1 saturated carbocycles. The first-order valence-electron chi connectivity index (χ1n) is 10.5. The Bertz CT molecular complexity index is 370. The van der Waals surface area contributed by atoms with E-state index in [4.69, 9.17) is 9.47 Å². The summed E-state index contributed by atoms with van der Waals surface area (Å²) in [7, 11) is 0. The zero-order chi connectivity index (χ0) is 17.7. The highest BCUT2D eigenvalue weighted by Crippen LogP contribution is 2.30. The van der Waals surface area contributed by atoms with Gasteiger partial charge in [0.15, 0.2) is 5.96 Å². The molecule has 0 spiro atoms. The first-order valence-corrected chi connectivity index (χ1v) is 10.5. The molecule has 1 saturated heterocycles. The fourth-order valence-corrected chi connectivity index (χ4v) is 3.91. The van der Waals surface area contributed by atoms with Gasteiger partial charge in [-0.05, 0) is 50.9 Å². The number of rotatable bonds is 9. The molecular weight excluding hydrogens is 314 g/mol. The Balaban J connectivity index is 1.57. The van der Waals surface area contributed by atoms with E-state index < -0.39 is 0 Å². The Hall–Kier alpha value is -0.810. The molecule has 2 aliphatic rings. The van der Waals surface area contributed by atoms with Crippen LogP contribution in [0.1, 0.15) is 65.2 Å². The lowest BCUT2D eigenvalue weighted by Crippen LogP contribution is -2.38. The van der Waals surface area contributed by atoms with Gasteiger partial charge in [-0.15, -0.1) is 0 Å². The molecule has 0 radical (unpaired) electrons. The quantitative estimate of drug-likeness (QED) is 0.379. The summed E-state index contributed by atoms with van der Waals surface area (Å²) in [4.78, 5) is 4.68. The summed E-state index contributed by atoms with van der Waals surface area (Å²) in [5.41, 5.74) is 0. The second-order valence-electron chi connectivity index (χ2n) is 7.65. The van der Waals surface area contributed by atoms with Crippen LogP contribution in [0, 0.1) is 11.8 Å². The molecule has 0 amide bonds. The fourth-order valence-electron chi connectivity index (χ4n) is 3.91. The predicted octanol–water partition coefficient (Wildman–Crippen LogP) is 3.34. The average Bonchev–Trinajstić information content (AvgIpc) is 2.62. The van der Waals surface area contributed by atoms with Crippen LogP contribution < -0.4 is 10.6 Å². The fraction of sp³-hybridized carbons (Fsp3) is 0.950. The molecule has 0 bridgehead atoms. The van der Waals surface area contributed by atoms with Crippen molar-refractivity contribution in [1.82, 2.24) is 10.6 Å². The molecule has 2 N–H and O–H groups in total. The van der Waals surface area contributed by atoms with Gasteiger partial charge in [-0.25, -0.2) is 0 Å². The van der Waals surface area contributed by atoms with Crippen LogP contribution >= 0.6 is 0 Å². The number of guanidine groups is 1. The summed E-state index contributed by atoms with van der Waals surface area (Å²) in [6, 6.07) is 0. The standard InChI is InChI=1S/C20H39N3O2/c1-3-21-20(23-12-8-18-7-4-6-17(2)16-18)22-11-5-13-25-19-9-14-24-15-10-19/h17-19H,3-16H2,1-2H3,(H2,21,22,23). The summed E-state index contributed by atoms with van der Waals surface area (Å²) < 4.78 is 11.3. The van der Waals surface area contributed by atoms with Crippen LogP contribution in [0.25, 0.3) is 0 Å². The van der Waals surface area contributed by atoms with E-state index in [-0.39, 0.29) is 0 Å². The summed E-state index contributed by atoms with van der Waals surface area (Å²) in [5.74, 6) is 2.76.